The van der Waals surface area contributed by atoms with Crippen LogP contribution in [0.3, 0.4) is 0 Å². The number of alkyl halides is 3. The lowest BCUT2D eigenvalue weighted by molar-refractivity contribution is -0.311. The van der Waals surface area contributed by atoms with Crippen LogP contribution in [-0.2, 0) is 14.9 Å². The Morgan fingerprint density at radius 2 is 1.91 bits per heavy atom. The number of benzene rings is 1. The predicted octanol–water partition coefficient (Wildman–Crippen LogP) is 4.56. The van der Waals surface area contributed by atoms with E-state index in [2.05, 4.69) is 20.3 Å². The van der Waals surface area contributed by atoms with Crippen molar-refractivity contribution in [3.63, 3.8) is 0 Å². The second-order valence-electron chi connectivity index (χ2n) is 8.92. The van der Waals surface area contributed by atoms with Crippen LogP contribution in [0.4, 0.5) is 13.2 Å². The first-order valence-corrected chi connectivity index (χ1v) is 11.9. The maximum atomic E-state index is 12.8. The number of nitrogens with one attached hydrogen (secondary N) is 1. The highest BCUT2D eigenvalue weighted by molar-refractivity contribution is 6.30. The molecule has 0 spiro atoms. The lowest BCUT2D eigenvalue weighted by Gasteiger charge is -2.29. The molecule has 0 bridgehead atoms. The van der Waals surface area contributed by atoms with E-state index < -0.39 is 18.6 Å². The van der Waals surface area contributed by atoms with Gasteiger partial charge in [-0.3, -0.25) is 9.53 Å². The standard InChI is InChI=1S/C19H18ClN3O4.C2H3F3O.C2H6/c20-10-3-4-13-11(5-10)12(24)6-14(26-13)15(25)21-19-7-18(19,8-19)17-23-22-16(27-17)9-1-2-9;1-6-2(3,4)5;1-2/h3-5,9,12,14,24H,1-2,6-8H2,(H,21,25);1H3;1-2H3. The summed E-state index contributed by atoms with van der Waals surface area (Å²) in [4.78, 5) is 12.8. The number of halogens is 4. The Hall–Kier alpha value is -2.37. The first-order chi connectivity index (χ1) is 16.6. The number of hydrogen-bond acceptors (Lipinski definition) is 7. The molecule has 3 saturated carbocycles. The summed E-state index contributed by atoms with van der Waals surface area (Å²) in [6, 6.07) is 5.05. The minimum absolute atomic E-state index is 0.193. The molecule has 2 heterocycles. The summed E-state index contributed by atoms with van der Waals surface area (Å²) in [7, 11) is 0.583. The molecule has 2 N–H and O–H groups in total. The van der Waals surface area contributed by atoms with Gasteiger partial charge in [0.2, 0.25) is 11.8 Å². The molecule has 6 rings (SSSR count). The summed E-state index contributed by atoms with van der Waals surface area (Å²) < 4.78 is 46.3. The highest BCUT2D eigenvalue weighted by Gasteiger charge is 2.88. The number of ether oxygens (including phenoxy) is 2. The van der Waals surface area contributed by atoms with Crippen LogP contribution in [-0.4, -0.2) is 46.3 Å². The largest absolute Gasteiger partial charge is 0.522 e. The van der Waals surface area contributed by atoms with Crippen molar-refractivity contribution in [2.75, 3.05) is 7.11 Å². The minimum Gasteiger partial charge on any atom is -0.480 e. The molecule has 1 aliphatic heterocycles. The second-order valence-corrected chi connectivity index (χ2v) is 9.35. The number of carbonyl (C=O) groups excluding carboxylic acids is 1. The van der Waals surface area contributed by atoms with Gasteiger partial charge >= 0.3 is 6.36 Å². The Balaban J connectivity index is 0.000000319. The third-order valence-electron chi connectivity index (χ3n) is 6.57. The van der Waals surface area contributed by atoms with Gasteiger partial charge in [-0.25, -0.2) is 0 Å². The minimum atomic E-state index is -4.46. The molecular weight excluding hydrogens is 491 g/mol. The summed E-state index contributed by atoms with van der Waals surface area (Å²) in [5.74, 6) is 2.09. The number of aliphatic hydroxyl groups is 1. The van der Waals surface area contributed by atoms with Crippen molar-refractivity contribution < 1.29 is 37.0 Å². The normalized spacial score (nSPS) is 29.7. The van der Waals surface area contributed by atoms with Crippen LogP contribution in [0.2, 0.25) is 5.02 Å². The van der Waals surface area contributed by atoms with Gasteiger partial charge in [0.15, 0.2) is 6.10 Å². The second kappa shape index (κ2) is 9.25. The van der Waals surface area contributed by atoms with Crippen LogP contribution in [0.25, 0.3) is 0 Å². The van der Waals surface area contributed by atoms with E-state index in [9.17, 15) is 23.1 Å². The summed E-state index contributed by atoms with van der Waals surface area (Å²) in [5.41, 5.74) is 0.142. The fourth-order valence-corrected chi connectivity index (χ4v) is 4.45. The highest BCUT2D eigenvalue weighted by Crippen LogP contribution is 2.78. The average Bonchev–Trinajstić information content (AvgIpc) is 3.76. The summed E-state index contributed by atoms with van der Waals surface area (Å²) >= 11 is 5.97. The topological polar surface area (TPSA) is 107 Å². The van der Waals surface area contributed by atoms with Crippen molar-refractivity contribution >= 4 is 17.5 Å². The quantitative estimate of drug-likeness (QED) is 0.612. The van der Waals surface area contributed by atoms with E-state index in [0.29, 0.717) is 35.3 Å². The van der Waals surface area contributed by atoms with E-state index in [0.717, 1.165) is 31.6 Å². The fourth-order valence-electron chi connectivity index (χ4n) is 4.27. The van der Waals surface area contributed by atoms with Crippen LogP contribution >= 0.6 is 11.6 Å². The van der Waals surface area contributed by atoms with Gasteiger partial charge in [0, 0.05) is 30.0 Å². The highest BCUT2D eigenvalue weighted by atomic mass is 35.5. The number of rotatable bonds is 4. The zero-order valence-corrected chi connectivity index (χ0v) is 20.2. The number of methoxy groups -OCH3 is 1. The van der Waals surface area contributed by atoms with Gasteiger partial charge in [0.1, 0.15) is 5.75 Å². The molecule has 0 saturated heterocycles. The molecular formula is C23H27ClF3N3O5. The van der Waals surface area contributed by atoms with Gasteiger partial charge < -0.3 is 19.6 Å². The average molecular weight is 518 g/mol. The molecule has 12 heteroatoms. The molecule has 192 valence electrons. The molecule has 4 aliphatic rings. The molecule has 1 aromatic heterocycles. The molecule has 35 heavy (non-hydrogen) atoms. The number of fused-ring (bicyclic) bond motifs is 2. The molecule has 8 nitrogen and oxygen atoms in total. The fraction of sp³-hybridized carbons (Fsp3) is 0.609. The zero-order chi connectivity index (χ0) is 25.6. The van der Waals surface area contributed by atoms with Crippen LogP contribution in [0.15, 0.2) is 22.6 Å². The predicted molar refractivity (Wildman–Crippen MR) is 118 cm³/mol. The smallest absolute Gasteiger partial charge is 0.480 e. The molecule has 1 amide bonds. The summed E-state index contributed by atoms with van der Waals surface area (Å²) in [6.07, 6.45) is -1.89. The van der Waals surface area contributed by atoms with Gasteiger partial charge in [-0.05, 0) is 43.9 Å². The number of aromatic nitrogens is 2. The lowest BCUT2D eigenvalue weighted by Crippen LogP contribution is -2.44. The molecule has 0 radical (unpaired) electrons. The Kier molecular flexibility index (Phi) is 6.80. The van der Waals surface area contributed by atoms with E-state index in [4.69, 9.17) is 20.8 Å². The van der Waals surface area contributed by atoms with Gasteiger partial charge in [0.25, 0.3) is 5.91 Å². The first kappa shape index (κ1) is 25.7. The van der Waals surface area contributed by atoms with Crippen molar-refractivity contribution in [3.05, 3.63) is 40.6 Å². The van der Waals surface area contributed by atoms with E-state index in [1.807, 2.05) is 13.8 Å². The third kappa shape index (κ3) is 5.12. The monoisotopic (exact) mass is 517 g/mol. The van der Waals surface area contributed by atoms with Gasteiger partial charge in [0.05, 0.1) is 17.1 Å². The van der Waals surface area contributed by atoms with E-state index in [-0.39, 0.29) is 23.3 Å². The molecule has 3 aliphatic carbocycles. The van der Waals surface area contributed by atoms with E-state index in [1.54, 1.807) is 18.2 Å². The molecule has 2 atom stereocenters. The van der Waals surface area contributed by atoms with Crippen molar-refractivity contribution in [1.82, 2.24) is 15.5 Å². The summed E-state index contributed by atoms with van der Waals surface area (Å²) in [5, 5.41) is 22.4. The van der Waals surface area contributed by atoms with Crippen molar-refractivity contribution in [2.45, 2.75) is 81.4 Å². The van der Waals surface area contributed by atoms with Crippen molar-refractivity contribution in [2.24, 2.45) is 0 Å². The molecule has 3 fully saturated rings. The Morgan fingerprint density at radius 1 is 1.26 bits per heavy atom. The maximum Gasteiger partial charge on any atom is 0.522 e. The molecule has 2 aromatic rings. The van der Waals surface area contributed by atoms with E-state index >= 15 is 0 Å². The Labute approximate surface area is 205 Å². The van der Waals surface area contributed by atoms with Crippen LogP contribution in [0.1, 0.15) is 75.3 Å². The van der Waals surface area contributed by atoms with E-state index in [1.165, 1.54) is 0 Å². The molecule has 1 aromatic carbocycles. The van der Waals surface area contributed by atoms with Gasteiger partial charge in [-0.1, -0.05) is 25.4 Å². The molecule has 2 unspecified atom stereocenters. The van der Waals surface area contributed by atoms with Gasteiger partial charge in [-0.15, -0.1) is 23.4 Å². The van der Waals surface area contributed by atoms with Gasteiger partial charge in [-0.2, -0.15) is 0 Å². The maximum absolute atomic E-state index is 12.8. The van der Waals surface area contributed by atoms with Crippen LogP contribution in [0.5, 0.6) is 5.75 Å². The Bertz CT molecular complexity index is 1080. The number of amides is 1. The number of nitrogens with zero attached hydrogens (tertiary/aromatic N) is 2. The van der Waals surface area contributed by atoms with Crippen LogP contribution in [0, 0.1) is 0 Å². The first-order valence-electron chi connectivity index (χ1n) is 11.5. The number of hydrogen-bond donors (Lipinski definition) is 2. The summed E-state index contributed by atoms with van der Waals surface area (Å²) in [6.45, 7) is 4.00. The third-order valence-corrected chi connectivity index (χ3v) is 6.81. The zero-order valence-electron chi connectivity index (χ0n) is 19.5. The van der Waals surface area contributed by atoms with Crippen molar-refractivity contribution in [1.29, 1.82) is 0 Å². The number of carbonyl (C=O) groups is 1. The SMILES string of the molecule is CC.COC(F)(F)F.O=C(NC12CC1(c1nnc(C3CC3)o1)C2)C1CC(O)c2cc(Cl)ccc2O1. The number of aliphatic hydroxyl groups excluding tert-OH is 1. The Morgan fingerprint density at radius 3 is 2.51 bits per heavy atom. The lowest BCUT2D eigenvalue weighted by atomic mass is 9.98. The van der Waals surface area contributed by atoms with Crippen LogP contribution < -0.4 is 10.1 Å². The van der Waals surface area contributed by atoms with Crippen molar-refractivity contribution in [3.8, 4) is 5.75 Å².